The Balaban J connectivity index is -0.0000000800. The van der Waals surface area contributed by atoms with Crippen LogP contribution < -0.4 is 0 Å². The molecule has 0 heterocycles. The summed E-state index contributed by atoms with van der Waals surface area (Å²) in [5.41, 5.74) is 0. The van der Waals surface area contributed by atoms with Gasteiger partial charge in [-0.1, -0.05) is 0 Å². The summed E-state index contributed by atoms with van der Waals surface area (Å²) >= 11 is 0. The van der Waals surface area contributed by atoms with E-state index in [-0.39, 0.29) is 71.3 Å². The van der Waals surface area contributed by atoms with Gasteiger partial charge in [0.05, 0.1) is 0 Å². The van der Waals surface area contributed by atoms with Gasteiger partial charge in [-0.05, 0) is 0 Å². The van der Waals surface area contributed by atoms with Crippen molar-refractivity contribution in [3.8, 4) is 0 Å². The molecule has 0 aliphatic carbocycles. The average Bonchev–Trinajstić information content (AvgIpc) is 0.722. The van der Waals surface area contributed by atoms with Gasteiger partial charge in [-0.25, -0.2) is 0 Å². The normalized spacial score (nSPS) is 8.29. The van der Waals surface area contributed by atoms with Gasteiger partial charge in [-0.15, -0.1) is 0 Å². The molecule has 0 fully saturated rings. The van der Waals surface area contributed by atoms with E-state index in [1.165, 1.54) is 0 Å². The minimum absolute atomic E-state index is 0. The van der Waals surface area contributed by atoms with Crippen LogP contribution in [0.25, 0.3) is 0 Å². The van der Waals surface area contributed by atoms with Gasteiger partial charge in [-0.3, -0.25) is 9.11 Å². The van der Waals surface area contributed by atoms with E-state index in [0.717, 1.165) is 0 Å². The maximum atomic E-state index is 8.74. The molecule has 0 saturated heterocycles. The molecule has 0 aromatic heterocycles. The summed E-state index contributed by atoms with van der Waals surface area (Å²) in [5, 5.41) is 0. The first-order chi connectivity index (χ1) is 2.00. The third kappa shape index (κ3) is 65.7. The molecular formula is H4AuBaO4S. The van der Waals surface area contributed by atoms with Crippen molar-refractivity contribution in [2.75, 3.05) is 0 Å². The zero-order valence-electron chi connectivity index (χ0n) is 2.42. The fourth-order valence-corrected chi connectivity index (χ4v) is 0. The molecule has 0 bridgehead atoms. The molecule has 0 amide bonds. The standard InChI is InChI=1S/Au.Ba.H2O4S.2H/c;;1-5(2,3)4;;/h;;(H2,1,2,3,4);;. The van der Waals surface area contributed by atoms with E-state index in [4.69, 9.17) is 17.5 Å². The van der Waals surface area contributed by atoms with E-state index in [2.05, 4.69) is 0 Å². The summed E-state index contributed by atoms with van der Waals surface area (Å²) in [6, 6.07) is 0. The number of hydrogen-bond donors (Lipinski definition) is 2. The summed E-state index contributed by atoms with van der Waals surface area (Å²) in [5.74, 6) is 0. The second-order valence-corrected chi connectivity index (χ2v) is 1.34. The topological polar surface area (TPSA) is 74.6 Å². The number of hydrogen-bond acceptors (Lipinski definition) is 2. The molecule has 0 aliphatic rings. The van der Waals surface area contributed by atoms with Crippen LogP contribution in [0.1, 0.15) is 0 Å². The van der Waals surface area contributed by atoms with Crippen molar-refractivity contribution in [2.24, 2.45) is 0 Å². The Morgan fingerprint density at radius 2 is 1.14 bits per heavy atom. The quantitative estimate of drug-likeness (QED) is 0.357. The van der Waals surface area contributed by atoms with Crippen molar-refractivity contribution in [1.29, 1.82) is 0 Å². The molecule has 0 aromatic rings. The first-order valence-electron chi connectivity index (χ1n) is 0.698. The van der Waals surface area contributed by atoms with Crippen LogP contribution in [-0.4, -0.2) is 66.4 Å². The van der Waals surface area contributed by atoms with Crippen LogP contribution in [-0.2, 0) is 32.8 Å². The van der Waals surface area contributed by atoms with Crippen LogP contribution in [0.4, 0.5) is 0 Å². The van der Waals surface area contributed by atoms with Crippen LogP contribution >= 0.6 is 0 Å². The predicted octanol–water partition coefficient (Wildman–Crippen LogP) is -1.57. The Bertz CT molecular complexity index is 94.9. The molecule has 2 N–H and O–H groups in total. The van der Waals surface area contributed by atoms with Crippen molar-refractivity contribution < 1.29 is 39.9 Å². The summed E-state index contributed by atoms with van der Waals surface area (Å²) in [7, 11) is -4.67. The fraction of sp³-hybridized carbons (Fsp3) is 0. The molecule has 4 nitrogen and oxygen atoms in total. The molecule has 0 aliphatic heterocycles. The third-order valence-electron chi connectivity index (χ3n) is 0. The first kappa shape index (κ1) is 16.1. The molecule has 1 radical (unpaired) electrons. The minimum atomic E-state index is -4.67. The molecule has 0 saturated carbocycles. The van der Waals surface area contributed by atoms with E-state index in [0.29, 0.717) is 0 Å². The molecular weight excluding hydrogens is 430 g/mol. The molecule has 47 valence electrons. The average molecular weight is 434 g/mol. The van der Waals surface area contributed by atoms with Crippen molar-refractivity contribution in [1.82, 2.24) is 0 Å². The SMILES string of the molecule is O=S(=O)(O)O.[Au].[BaH2]. The molecule has 7 heteroatoms. The molecule has 7 heavy (non-hydrogen) atoms. The fourth-order valence-electron chi connectivity index (χ4n) is 0. The van der Waals surface area contributed by atoms with E-state index in [1.807, 2.05) is 0 Å². The second-order valence-electron chi connectivity index (χ2n) is 0.448. The van der Waals surface area contributed by atoms with Gasteiger partial charge >= 0.3 is 59.3 Å². The zero-order chi connectivity index (χ0) is 4.50. The van der Waals surface area contributed by atoms with Gasteiger partial charge in [-0.2, -0.15) is 8.42 Å². The predicted molar refractivity (Wildman–Crippen MR) is 22.7 cm³/mol. The van der Waals surface area contributed by atoms with Gasteiger partial charge in [0.2, 0.25) is 0 Å². The summed E-state index contributed by atoms with van der Waals surface area (Å²) in [6.45, 7) is 0. The Kier molecular flexibility index (Phi) is 14.5. The van der Waals surface area contributed by atoms with Gasteiger partial charge in [0.25, 0.3) is 0 Å². The van der Waals surface area contributed by atoms with E-state index in [1.54, 1.807) is 0 Å². The van der Waals surface area contributed by atoms with Crippen molar-refractivity contribution in [2.45, 2.75) is 0 Å². The van der Waals surface area contributed by atoms with Gasteiger partial charge in [0.1, 0.15) is 0 Å². The van der Waals surface area contributed by atoms with Crippen LogP contribution in [0.3, 0.4) is 0 Å². The Morgan fingerprint density at radius 1 is 1.14 bits per heavy atom. The monoisotopic (exact) mass is 435 g/mol. The van der Waals surface area contributed by atoms with E-state index >= 15 is 0 Å². The summed E-state index contributed by atoms with van der Waals surface area (Å²) in [4.78, 5) is 0. The Labute approximate surface area is 97.2 Å². The van der Waals surface area contributed by atoms with E-state index in [9.17, 15) is 0 Å². The van der Waals surface area contributed by atoms with Gasteiger partial charge in [0, 0.05) is 22.4 Å². The Hall–Kier alpha value is 2.18. The second kappa shape index (κ2) is 6.30. The summed E-state index contributed by atoms with van der Waals surface area (Å²) < 4.78 is 31.6. The van der Waals surface area contributed by atoms with Gasteiger partial charge < -0.3 is 0 Å². The molecule has 0 aromatic carbocycles. The van der Waals surface area contributed by atoms with Gasteiger partial charge in [0.15, 0.2) is 0 Å². The molecule has 0 atom stereocenters. The maximum absolute atomic E-state index is 8.74. The third-order valence-corrected chi connectivity index (χ3v) is 0. The van der Waals surface area contributed by atoms with Crippen LogP contribution in [0.2, 0.25) is 0 Å². The molecule has 0 unspecified atom stereocenters. The Morgan fingerprint density at radius 3 is 1.14 bits per heavy atom. The van der Waals surface area contributed by atoms with Crippen molar-refractivity contribution in [3.05, 3.63) is 0 Å². The van der Waals surface area contributed by atoms with Crippen molar-refractivity contribution >= 4 is 59.3 Å². The summed E-state index contributed by atoms with van der Waals surface area (Å²) in [6.07, 6.45) is 0. The molecule has 0 spiro atoms. The number of rotatable bonds is 0. The van der Waals surface area contributed by atoms with Crippen LogP contribution in [0.15, 0.2) is 0 Å². The van der Waals surface area contributed by atoms with Crippen LogP contribution in [0.5, 0.6) is 0 Å². The van der Waals surface area contributed by atoms with Crippen LogP contribution in [0, 0.1) is 0 Å². The zero-order valence-corrected chi connectivity index (χ0v) is 5.40. The first-order valence-corrected chi connectivity index (χ1v) is 2.10. The molecule has 0 rings (SSSR count). The van der Waals surface area contributed by atoms with Crippen molar-refractivity contribution in [3.63, 3.8) is 0 Å². The van der Waals surface area contributed by atoms with E-state index < -0.39 is 10.4 Å².